The number of imide groups is 1. The van der Waals surface area contributed by atoms with Gasteiger partial charge in [-0.25, -0.2) is 33.0 Å². The van der Waals surface area contributed by atoms with Gasteiger partial charge in [-0.3, -0.25) is 60.4 Å². The highest BCUT2D eigenvalue weighted by molar-refractivity contribution is 6.48. The van der Waals surface area contributed by atoms with E-state index in [4.69, 9.17) is 23.4 Å². The summed E-state index contributed by atoms with van der Waals surface area (Å²) in [7, 11) is 0. The molecule has 0 saturated carbocycles. The molecule has 1 atom stereocenters. The molecule has 9 amide bonds. The second kappa shape index (κ2) is 12.0. The summed E-state index contributed by atoms with van der Waals surface area (Å²) in [5.41, 5.74) is 5.19. The van der Waals surface area contributed by atoms with E-state index < -0.39 is 59.5 Å². The fraction of sp³-hybridized carbons (Fsp3) is 0.529. The number of amides is 9. The van der Waals surface area contributed by atoms with Gasteiger partial charge in [0.2, 0.25) is 23.6 Å². The molecule has 19 nitrogen and oxygen atoms in total. The molecular weight excluding hydrogens is 484 g/mol. The molecule has 0 spiro atoms. The SMILES string of the molecule is NNC(=O)CCN1C(=O)C2=NC(=O)N(CCC(=O)NN)C2(CCC(=O)NN)N(CCC(=O)NN)C1=O. The topological polar surface area (TPSA) is 294 Å². The van der Waals surface area contributed by atoms with Crippen molar-refractivity contribution in [3.05, 3.63) is 0 Å². The number of hydrogen-bond donors (Lipinski definition) is 8. The highest BCUT2D eigenvalue weighted by atomic mass is 16.2. The number of aliphatic imine (C=N–C) groups is 1. The van der Waals surface area contributed by atoms with Gasteiger partial charge in [0, 0.05) is 51.7 Å². The molecule has 19 heteroatoms. The lowest BCUT2D eigenvalue weighted by Gasteiger charge is -2.51. The number of hydrogen-bond acceptors (Lipinski definition) is 11. The van der Waals surface area contributed by atoms with Gasteiger partial charge in [0.1, 0.15) is 0 Å². The number of nitrogens with one attached hydrogen (secondary N) is 4. The number of carbonyl (C=O) groups excluding carboxylic acids is 7. The Bertz CT molecular complexity index is 985. The molecule has 0 aromatic rings. The monoisotopic (exact) mass is 512 g/mol. The van der Waals surface area contributed by atoms with Crippen molar-refractivity contribution in [2.24, 2.45) is 28.4 Å². The number of carbonyl (C=O) groups is 7. The molecule has 0 bridgehead atoms. The lowest BCUT2D eigenvalue weighted by Crippen LogP contribution is -2.74. The molecule has 198 valence electrons. The van der Waals surface area contributed by atoms with Crippen LogP contribution >= 0.6 is 0 Å². The van der Waals surface area contributed by atoms with Gasteiger partial charge >= 0.3 is 12.1 Å². The maximum absolute atomic E-state index is 13.5. The van der Waals surface area contributed by atoms with E-state index >= 15 is 0 Å². The molecule has 2 heterocycles. The van der Waals surface area contributed by atoms with Crippen molar-refractivity contribution in [2.75, 3.05) is 19.6 Å². The first-order valence-electron chi connectivity index (χ1n) is 10.6. The van der Waals surface area contributed by atoms with Crippen molar-refractivity contribution < 1.29 is 33.6 Å². The van der Waals surface area contributed by atoms with Gasteiger partial charge in [-0.15, -0.1) is 0 Å². The molecule has 0 aromatic carbocycles. The van der Waals surface area contributed by atoms with Crippen LogP contribution in [0.1, 0.15) is 32.1 Å². The maximum Gasteiger partial charge on any atom is 0.346 e. The summed E-state index contributed by atoms with van der Waals surface area (Å²) in [6, 6.07) is -1.95. The summed E-state index contributed by atoms with van der Waals surface area (Å²) in [6.07, 6.45) is -1.80. The van der Waals surface area contributed by atoms with E-state index in [2.05, 4.69) is 4.99 Å². The molecule has 36 heavy (non-hydrogen) atoms. The first kappa shape index (κ1) is 28.0. The quantitative estimate of drug-likeness (QED) is 0.0693. The number of nitrogens with two attached hydrogens (primary N) is 4. The van der Waals surface area contributed by atoms with Gasteiger partial charge in [0.25, 0.3) is 5.91 Å². The van der Waals surface area contributed by atoms with Crippen molar-refractivity contribution in [1.29, 1.82) is 0 Å². The van der Waals surface area contributed by atoms with Crippen LogP contribution in [0.4, 0.5) is 9.59 Å². The minimum absolute atomic E-state index is 0.338. The first-order chi connectivity index (χ1) is 17.1. The number of nitrogens with zero attached hydrogens (tertiary/aromatic N) is 4. The van der Waals surface area contributed by atoms with Crippen molar-refractivity contribution in [3.63, 3.8) is 0 Å². The summed E-state index contributed by atoms with van der Waals surface area (Å²) in [5, 5.41) is 0. The molecule has 0 radical (unpaired) electrons. The average molecular weight is 512 g/mol. The Balaban J connectivity index is 2.60. The number of hydrazine groups is 4. The molecule has 2 aliphatic heterocycles. The third-order valence-electron chi connectivity index (χ3n) is 5.65. The van der Waals surface area contributed by atoms with Gasteiger partial charge in [0.15, 0.2) is 11.4 Å². The van der Waals surface area contributed by atoms with Gasteiger partial charge < -0.3 is 0 Å². The summed E-state index contributed by atoms with van der Waals surface area (Å²) in [4.78, 5) is 93.6. The standard InChI is InChI=1S/C17H28N12O7/c18-23-9(30)1-5-17-13(22-15(35)28(17)7-3-11(32)25-20)14(34)27(6-2-10(31)24-19)16(36)29(17)8-4-12(33)26-21/h1-8,18-21H2,(H,23,30)(H,24,31)(H,25,32)(H,26,33). The molecule has 1 unspecified atom stereocenters. The van der Waals surface area contributed by atoms with Gasteiger partial charge in [-0.1, -0.05) is 0 Å². The van der Waals surface area contributed by atoms with Gasteiger partial charge in [-0.2, -0.15) is 4.99 Å². The van der Waals surface area contributed by atoms with Crippen LogP contribution in [0.2, 0.25) is 0 Å². The third kappa shape index (κ3) is 5.54. The number of urea groups is 2. The van der Waals surface area contributed by atoms with Crippen LogP contribution < -0.4 is 45.1 Å². The largest absolute Gasteiger partial charge is 0.346 e. The Kier molecular flexibility index (Phi) is 9.32. The maximum atomic E-state index is 13.5. The molecule has 2 rings (SSSR count). The van der Waals surface area contributed by atoms with Crippen molar-refractivity contribution >= 4 is 47.3 Å². The third-order valence-corrected chi connectivity index (χ3v) is 5.65. The fourth-order valence-corrected chi connectivity index (χ4v) is 3.91. The lowest BCUT2D eigenvalue weighted by molar-refractivity contribution is -0.129. The second-order valence-corrected chi connectivity index (χ2v) is 7.62. The fourth-order valence-electron chi connectivity index (χ4n) is 3.91. The van der Waals surface area contributed by atoms with Crippen LogP contribution in [-0.4, -0.2) is 87.3 Å². The highest BCUT2D eigenvalue weighted by Gasteiger charge is 2.62. The Morgan fingerprint density at radius 2 is 1.14 bits per heavy atom. The van der Waals surface area contributed by atoms with Gasteiger partial charge in [0.05, 0.1) is 0 Å². The van der Waals surface area contributed by atoms with E-state index in [-0.39, 0.29) is 45.2 Å². The molecule has 1 saturated heterocycles. The smallest absolute Gasteiger partial charge is 0.295 e. The van der Waals surface area contributed by atoms with Gasteiger partial charge in [-0.05, 0) is 0 Å². The zero-order valence-corrected chi connectivity index (χ0v) is 19.1. The number of fused-ring (bicyclic) bond motifs is 1. The molecule has 2 aliphatic rings. The average Bonchev–Trinajstić information content (AvgIpc) is 3.16. The Hall–Kier alpha value is -4.20. The Morgan fingerprint density at radius 1 is 0.694 bits per heavy atom. The van der Waals surface area contributed by atoms with Crippen LogP contribution in [0.15, 0.2) is 4.99 Å². The molecule has 0 aromatic heterocycles. The summed E-state index contributed by atoms with van der Waals surface area (Å²) >= 11 is 0. The van der Waals surface area contributed by atoms with Crippen molar-refractivity contribution in [1.82, 2.24) is 36.4 Å². The Morgan fingerprint density at radius 3 is 1.64 bits per heavy atom. The molecular formula is C17H28N12O7. The van der Waals surface area contributed by atoms with E-state index in [1.165, 1.54) is 0 Å². The van der Waals surface area contributed by atoms with E-state index in [0.29, 0.717) is 4.90 Å². The predicted molar refractivity (Wildman–Crippen MR) is 118 cm³/mol. The van der Waals surface area contributed by atoms with E-state index in [1.54, 1.807) is 0 Å². The predicted octanol–water partition coefficient (Wildman–Crippen LogP) is -5.27. The van der Waals surface area contributed by atoms with Crippen LogP contribution in [-0.2, 0) is 24.0 Å². The molecule has 0 aliphatic carbocycles. The first-order valence-corrected chi connectivity index (χ1v) is 10.6. The minimum atomic E-state index is -1.95. The van der Waals surface area contributed by atoms with Crippen LogP contribution in [0.5, 0.6) is 0 Å². The van der Waals surface area contributed by atoms with E-state index in [0.717, 1.165) is 9.80 Å². The molecule has 1 fully saturated rings. The summed E-state index contributed by atoms with van der Waals surface area (Å²) < 4.78 is 0. The van der Waals surface area contributed by atoms with E-state index in [1.807, 2.05) is 21.7 Å². The normalized spacial score (nSPS) is 19.1. The zero-order valence-electron chi connectivity index (χ0n) is 19.1. The minimum Gasteiger partial charge on any atom is -0.295 e. The lowest BCUT2D eigenvalue weighted by atomic mass is 9.90. The van der Waals surface area contributed by atoms with Crippen molar-refractivity contribution in [2.45, 2.75) is 37.8 Å². The Labute approximate surface area is 203 Å². The van der Waals surface area contributed by atoms with Crippen LogP contribution in [0.25, 0.3) is 0 Å². The zero-order chi connectivity index (χ0) is 27.0. The van der Waals surface area contributed by atoms with Crippen molar-refractivity contribution in [3.8, 4) is 0 Å². The van der Waals surface area contributed by atoms with Crippen LogP contribution in [0, 0.1) is 0 Å². The molecule has 12 N–H and O–H groups in total. The van der Waals surface area contributed by atoms with Crippen LogP contribution in [0.3, 0.4) is 0 Å². The number of rotatable bonds is 12. The van der Waals surface area contributed by atoms with E-state index in [9.17, 15) is 33.6 Å². The summed E-state index contributed by atoms with van der Waals surface area (Å²) in [5.74, 6) is 16.7. The second-order valence-electron chi connectivity index (χ2n) is 7.62. The summed E-state index contributed by atoms with van der Waals surface area (Å²) in [6.45, 7) is -1.16. The highest BCUT2D eigenvalue weighted by Crippen LogP contribution is 2.39.